The Labute approximate surface area is 116 Å². The van der Waals surface area contributed by atoms with Gasteiger partial charge in [-0.1, -0.05) is 19.0 Å². The maximum absolute atomic E-state index is 13.1. The normalized spacial score (nSPS) is 12.8. The Morgan fingerprint density at radius 1 is 1.40 bits per heavy atom. The molecule has 1 aromatic heterocycles. The van der Waals surface area contributed by atoms with Gasteiger partial charge >= 0.3 is 0 Å². The molecule has 6 heteroatoms. The molecule has 2 rings (SSSR count). The summed E-state index contributed by atoms with van der Waals surface area (Å²) in [5.74, 6) is 0.540. The van der Waals surface area contributed by atoms with Gasteiger partial charge in [0.15, 0.2) is 0 Å². The zero-order valence-corrected chi connectivity index (χ0v) is 11.8. The lowest BCUT2D eigenvalue weighted by Gasteiger charge is -2.16. The molecule has 20 heavy (non-hydrogen) atoms. The van der Waals surface area contributed by atoms with Gasteiger partial charge in [0.2, 0.25) is 5.82 Å². The van der Waals surface area contributed by atoms with E-state index in [1.807, 2.05) is 20.8 Å². The topological polar surface area (TPSA) is 74.2 Å². The van der Waals surface area contributed by atoms with E-state index in [-0.39, 0.29) is 17.7 Å². The van der Waals surface area contributed by atoms with Crippen molar-refractivity contribution in [3.05, 3.63) is 29.8 Å². The van der Waals surface area contributed by atoms with Crippen LogP contribution < -0.4 is 5.73 Å². The first-order valence-corrected chi connectivity index (χ1v) is 6.53. The van der Waals surface area contributed by atoms with Crippen LogP contribution in [-0.2, 0) is 4.74 Å². The number of rotatable bonds is 5. The molecule has 0 aliphatic heterocycles. The molecule has 1 heterocycles. The quantitative estimate of drug-likeness (QED) is 0.851. The highest BCUT2D eigenvalue weighted by Gasteiger charge is 2.22. The minimum absolute atomic E-state index is 0.0486. The Morgan fingerprint density at radius 3 is 2.75 bits per heavy atom. The third-order valence-electron chi connectivity index (χ3n) is 2.89. The lowest BCUT2D eigenvalue weighted by atomic mass is 10.1. The first-order valence-electron chi connectivity index (χ1n) is 6.53. The molecule has 108 valence electrons. The molecule has 1 atom stereocenters. The number of nitrogens with zero attached hydrogens (tertiary/aromatic N) is 2. The van der Waals surface area contributed by atoms with Crippen molar-refractivity contribution in [1.82, 2.24) is 10.1 Å². The maximum Gasteiger partial charge on any atom is 0.258 e. The SMILES string of the molecule is CCOC(c1noc(-c2ccc(F)c(N)c2)n1)C(C)C. The summed E-state index contributed by atoms with van der Waals surface area (Å²) >= 11 is 0. The molecular weight excluding hydrogens is 261 g/mol. The monoisotopic (exact) mass is 279 g/mol. The van der Waals surface area contributed by atoms with Crippen molar-refractivity contribution in [3.63, 3.8) is 0 Å². The molecule has 1 aromatic carbocycles. The number of ether oxygens (including phenoxy) is 1. The predicted octanol–water partition coefficient (Wildman–Crippen LogP) is 3.19. The van der Waals surface area contributed by atoms with E-state index in [2.05, 4.69) is 10.1 Å². The molecule has 0 amide bonds. The van der Waals surface area contributed by atoms with E-state index >= 15 is 0 Å². The highest BCUT2D eigenvalue weighted by Crippen LogP contribution is 2.27. The summed E-state index contributed by atoms with van der Waals surface area (Å²) in [6, 6.07) is 4.29. The van der Waals surface area contributed by atoms with E-state index in [1.54, 1.807) is 6.07 Å². The van der Waals surface area contributed by atoms with Crippen LogP contribution in [0.15, 0.2) is 22.7 Å². The zero-order chi connectivity index (χ0) is 14.7. The number of aromatic nitrogens is 2. The summed E-state index contributed by atoms with van der Waals surface area (Å²) in [4.78, 5) is 4.31. The van der Waals surface area contributed by atoms with Gasteiger partial charge in [-0.25, -0.2) is 4.39 Å². The Morgan fingerprint density at radius 2 is 2.15 bits per heavy atom. The van der Waals surface area contributed by atoms with Crippen molar-refractivity contribution in [2.75, 3.05) is 12.3 Å². The molecule has 0 radical (unpaired) electrons. The molecule has 0 aliphatic carbocycles. The second-order valence-electron chi connectivity index (χ2n) is 4.81. The van der Waals surface area contributed by atoms with Gasteiger partial charge in [-0.3, -0.25) is 0 Å². The van der Waals surface area contributed by atoms with Gasteiger partial charge in [0.05, 0.1) is 5.69 Å². The number of anilines is 1. The van der Waals surface area contributed by atoms with Crippen LogP contribution in [0, 0.1) is 11.7 Å². The van der Waals surface area contributed by atoms with E-state index in [1.165, 1.54) is 12.1 Å². The summed E-state index contributed by atoms with van der Waals surface area (Å²) in [5.41, 5.74) is 6.16. The fourth-order valence-corrected chi connectivity index (χ4v) is 1.89. The number of benzene rings is 1. The first kappa shape index (κ1) is 14.5. The van der Waals surface area contributed by atoms with Crippen LogP contribution in [0.5, 0.6) is 0 Å². The number of nitrogen functional groups attached to an aromatic ring is 1. The predicted molar refractivity (Wildman–Crippen MR) is 73.3 cm³/mol. The number of halogens is 1. The van der Waals surface area contributed by atoms with Gasteiger partial charge < -0.3 is 15.0 Å². The van der Waals surface area contributed by atoms with Gasteiger partial charge in [-0.15, -0.1) is 0 Å². The minimum Gasteiger partial charge on any atom is -0.396 e. The fourth-order valence-electron chi connectivity index (χ4n) is 1.89. The van der Waals surface area contributed by atoms with Crippen molar-refractivity contribution in [1.29, 1.82) is 0 Å². The Bertz CT molecular complexity index is 584. The molecule has 0 bridgehead atoms. The van der Waals surface area contributed by atoms with Crippen molar-refractivity contribution in [2.24, 2.45) is 5.92 Å². The van der Waals surface area contributed by atoms with Crippen LogP contribution >= 0.6 is 0 Å². The van der Waals surface area contributed by atoms with Crippen molar-refractivity contribution >= 4 is 5.69 Å². The molecule has 5 nitrogen and oxygen atoms in total. The van der Waals surface area contributed by atoms with E-state index in [0.29, 0.717) is 23.9 Å². The van der Waals surface area contributed by atoms with Crippen LogP contribution in [0.3, 0.4) is 0 Å². The average Bonchev–Trinajstić information content (AvgIpc) is 2.88. The summed E-state index contributed by atoms with van der Waals surface area (Å²) < 4.78 is 24.0. The van der Waals surface area contributed by atoms with Gasteiger partial charge in [-0.05, 0) is 31.0 Å². The smallest absolute Gasteiger partial charge is 0.258 e. The van der Waals surface area contributed by atoms with Gasteiger partial charge in [0.25, 0.3) is 5.89 Å². The average molecular weight is 279 g/mol. The number of hydrogen-bond donors (Lipinski definition) is 1. The second-order valence-corrected chi connectivity index (χ2v) is 4.81. The minimum atomic E-state index is -0.470. The fraction of sp³-hybridized carbons (Fsp3) is 0.429. The van der Waals surface area contributed by atoms with Crippen LogP contribution in [0.2, 0.25) is 0 Å². The van der Waals surface area contributed by atoms with Crippen LogP contribution in [-0.4, -0.2) is 16.7 Å². The van der Waals surface area contributed by atoms with E-state index in [9.17, 15) is 4.39 Å². The molecule has 1 unspecified atom stereocenters. The number of hydrogen-bond acceptors (Lipinski definition) is 5. The Balaban J connectivity index is 2.29. The van der Waals surface area contributed by atoms with Crippen LogP contribution in [0.1, 0.15) is 32.7 Å². The maximum atomic E-state index is 13.1. The summed E-state index contributed by atoms with van der Waals surface area (Å²) in [6.45, 7) is 6.52. The van der Waals surface area contributed by atoms with Crippen molar-refractivity contribution < 1.29 is 13.7 Å². The third-order valence-corrected chi connectivity index (χ3v) is 2.89. The lowest BCUT2D eigenvalue weighted by Crippen LogP contribution is -2.12. The molecule has 0 saturated heterocycles. The van der Waals surface area contributed by atoms with Crippen LogP contribution in [0.25, 0.3) is 11.5 Å². The standard InChI is InChI=1S/C14H18FN3O2/c1-4-19-12(8(2)3)13-17-14(20-18-13)9-5-6-10(15)11(16)7-9/h5-8,12H,4,16H2,1-3H3. The zero-order valence-electron chi connectivity index (χ0n) is 11.8. The van der Waals surface area contributed by atoms with E-state index in [0.717, 1.165) is 0 Å². The molecule has 2 N–H and O–H groups in total. The van der Waals surface area contributed by atoms with Gasteiger partial charge in [0, 0.05) is 12.2 Å². The molecule has 0 saturated carbocycles. The summed E-state index contributed by atoms with van der Waals surface area (Å²) in [7, 11) is 0. The van der Waals surface area contributed by atoms with E-state index in [4.69, 9.17) is 15.0 Å². The molecule has 0 fully saturated rings. The summed E-state index contributed by atoms with van der Waals surface area (Å²) in [5, 5.41) is 3.94. The second kappa shape index (κ2) is 6.00. The van der Waals surface area contributed by atoms with Gasteiger partial charge in [-0.2, -0.15) is 4.98 Å². The molecule has 0 spiro atoms. The number of nitrogens with two attached hydrogens (primary N) is 1. The first-order chi connectivity index (χ1) is 9.52. The third kappa shape index (κ3) is 2.96. The van der Waals surface area contributed by atoms with E-state index < -0.39 is 5.82 Å². The lowest BCUT2D eigenvalue weighted by molar-refractivity contribution is 0.0217. The Hall–Kier alpha value is -1.95. The largest absolute Gasteiger partial charge is 0.396 e. The highest BCUT2D eigenvalue weighted by molar-refractivity contribution is 5.60. The van der Waals surface area contributed by atoms with Gasteiger partial charge in [0.1, 0.15) is 11.9 Å². The Kier molecular flexibility index (Phi) is 4.34. The molecular formula is C14H18FN3O2. The molecule has 0 aliphatic rings. The summed E-state index contributed by atoms with van der Waals surface area (Å²) in [6.07, 6.45) is -0.227. The molecule has 2 aromatic rings. The van der Waals surface area contributed by atoms with Crippen molar-refractivity contribution in [3.8, 4) is 11.5 Å². The van der Waals surface area contributed by atoms with Crippen LogP contribution in [0.4, 0.5) is 10.1 Å². The highest BCUT2D eigenvalue weighted by atomic mass is 19.1. The van der Waals surface area contributed by atoms with Crippen molar-refractivity contribution in [2.45, 2.75) is 26.9 Å².